The van der Waals surface area contributed by atoms with E-state index in [4.69, 9.17) is 12.6 Å². The Morgan fingerprint density at radius 3 is 2.58 bits per heavy atom. The Labute approximate surface area is 73.0 Å². The van der Waals surface area contributed by atoms with Crippen molar-refractivity contribution in [3.05, 3.63) is 24.0 Å². The van der Waals surface area contributed by atoms with Crippen molar-refractivity contribution < 1.29 is 9.13 Å². The van der Waals surface area contributed by atoms with Crippen LogP contribution in [0, 0.1) is 5.82 Å². The van der Waals surface area contributed by atoms with E-state index in [9.17, 15) is 4.39 Å². The van der Waals surface area contributed by atoms with E-state index in [1.54, 1.807) is 0 Å². The molecule has 0 saturated heterocycles. The smallest absolute Gasteiger partial charge is 0.122 e. The second kappa shape index (κ2) is 3.61. The second-order valence-corrected chi connectivity index (χ2v) is 2.85. The van der Waals surface area contributed by atoms with Crippen LogP contribution in [0.5, 0.6) is 5.75 Å². The summed E-state index contributed by atoms with van der Waals surface area (Å²) in [7, 11) is 5.50. The topological polar surface area (TPSA) is 9.23 Å². The highest BCUT2D eigenvalue weighted by molar-refractivity contribution is 6.34. The Kier molecular flexibility index (Phi) is 2.74. The number of ether oxygens (including phenoxy) is 1. The van der Waals surface area contributed by atoms with E-state index in [-0.39, 0.29) is 11.9 Å². The van der Waals surface area contributed by atoms with Crippen molar-refractivity contribution in [3.63, 3.8) is 0 Å². The van der Waals surface area contributed by atoms with Crippen molar-refractivity contribution in [2.75, 3.05) is 0 Å². The van der Waals surface area contributed by atoms with Crippen LogP contribution in [0.2, 0.25) is 0 Å². The molecule has 0 saturated carbocycles. The molecule has 12 heavy (non-hydrogen) atoms. The van der Waals surface area contributed by atoms with Crippen LogP contribution < -0.4 is 10.2 Å². The van der Waals surface area contributed by atoms with Gasteiger partial charge in [-0.3, -0.25) is 0 Å². The van der Waals surface area contributed by atoms with Gasteiger partial charge < -0.3 is 4.74 Å². The monoisotopic (exact) mass is 164 g/mol. The molecule has 2 radical (unpaired) electrons. The summed E-state index contributed by atoms with van der Waals surface area (Å²) >= 11 is 0. The molecular weight excluding hydrogens is 154 g/mol. The zero-order chi connectivity index (χ0) is 9.14. The normalized spacial score (nSPS) is 10.3. The highest BCUT2D eigenvalue weighted by atomic mass is 19.1. The first kappa shape index (κ1) is 9.11. The molecule has 0 fully saturated rings. The maximum Gasteiger partial charge on any atom is 0.122 e. The average Bonchev–Trinajstić information content (AvgIpc) is 1.94. The largest absolute Gasteiger partial charge is 0.492 e. The molecule has 0 N–H and O–H groups in total. The van der Waals surface area contributed by atoms with Crippen LogP contribution in [0.1, 0.15) is 13.8 Å². The molecule has 1 rings (SSSR count). The minimum absolute atomic E-state index is 0.0535. The fourth-order valence-electron chi connectivity index (χ4n) is 0.881. The van der Waals surface area contributed by atoms with E-state index in [1.807, 2.05) is 13.8 Å². The summed E-state index contributed by atoms with van der Waals surface area (Å²) in [4.78, 5) is 0. The lowest BCUT2D eigenvalue weighted by atomic mass is 9.95. The average molecular weight is 164 g/mol. The number of benzene rings is 1. The first-order valence-electron chi connectivity index (χ1n) is 3.81. The summed E-state index contributed by atoms with van der Waals surface area (Å²) < 4.78 is 17.9. The molecule has 0 heterocycles. The van der Waals surface area contributed by atoms with Crippen LogP contribution in [-0.2, 0) is 0 Å². The van der Waals surface area contributed by atoms with E-state index >= 15 is 0 Å². The SMILES string of the molecule is [B]c1cc(F)ccc1OC(C)C. The number of hydrogen-bond donors (Lipinski definition) is 0. The van der Waals surface area contributed by atoms with Crippen molar-refractivity contribution in [1.29, 1.82) is 0 Å². The molecule has 0 aliphatic rings. The first-order chi connectivity index (χ1) is 5.59. The molecule has 1 aromatic rings. The molecule has 0 atom stereocenters. The third-order valence-corrected chi connectivity index (χ3v) is 1.33. The summed E-state index contributed by atoms with van der Waals surface area (Å²) in [5.41, 5.74) is 0.337. The Morgan fingerprint density at radius 1 is 1.42 bits per heavy atom. The van der Waals surface area contributed by atoms with Crippen molar-refractivity contribution >= 4 is 13.3 Å². The van der Waals surface area contributed by atoms with E-state index in [0.717, 1.165) is 0 Å². The third-order valence-electron chi connectivity index (χ3n) is 1.33. The van der Waals surface area contributed by atoms with Crippen molar-refractivity contribution in [2.45, 2.75) is 20.0 Å². The Hall–Kier alpha value is -0.985. The van der Waals surface area contributed by atoms with Crippen LogP contribution in [0.3, 0.4) is 0 Å². The summed E-state index contributed by atoms with van der Waals surface area (Å²) in [6.07, 6.45) is 0.0535. The van der Waals surface area contributed by atoms with Crippen LogP contribution in [0.25, 0.3) is 0 Å². The lowest BCUT2D eigenvalue weighted by Crippen LogP contribution is -2.14. The van der Waals surface area contributed by atoms with Crippen molar-refractivity contribution in [3.8, 4) is 5.75 Å². The number of halogens is 1. The van der Waals surface area contributed by atoms with Gasteiger partial charge in [0.05, 0.1) is 6.10 Å². The van der Waals surface area contributed by atoms with Gasteiger partial charge in [-0.1, -0.05) is 5.46 Å². The minimum Gasteiger partial charge on any atom is -0.492 e. The summed E-state index contributed by atoms with van der Waals surface area (Å²) in [6, 6.07) is 4.11. The first-order valence-corrected chi connectivity index (χ1v) is 3.81. The van der Waals surface area contributed by atoms with Gasteiger partial charge in [0, 0.05) is 0 Å². The molecule has 0 aromatic heterocycles. The fraction of sp³-hybridized carbons (Fsp3) is 0.333. The molecule has 62 valence electrons. The van der Waals surface area contributed by atoms with Gasteiger partial charge in [-0.15, -0.1) is 0 Å². The minimum atomic E-state index is -0.344. The lowest BCUT2D eigenvalue weighted by molar-refractivity contribution is 0.244. The van der Waals surface area contributed by atoms with Crippen molar-refractivity contribution in [1.82, 2.24) is 0 Å². The third kappa shape index (κ3) is 2.26. The lowest BCUT2D eigenvalue weighted by Gasteiger charge is -2.11. The van der Waals surface area contributed by atoms with Crippen LogP contribution >= 0.6 is 0 Å². The fourth-order valence-corrected chi connectivity index (χ4v) is 0.881. The Balaban J connectivity index is 2.86. The maximum atomic E-state index is 12.5. The molecule has 0 bridgehead atoms. The van der Waals surface area contributed by atoms with Gasteiger partial charge in [0.2, 0.25) is 0 Å². The van der Waals surface area contributed by atoms with Crippen molar-refractivity contribution in [2.24, 2.45) is 0 Å². The summed E-state index contributed by atoms with van der Waals surface area (Å²) in [6.45, 7) is 3.78. The van der Waals surface area contributed by atoms with E-state index in [2.05, 4.69) is 0 Å². The van der Waals surface area contributed by atoms with E-state index in [1.165, 1.54) is 18.2 Å². The maximum absolute atomic E-state index is 12.5. The molecule has 3 heteroatoms. The van der Waals surface area contributed by atoms with Gasteiger partial charge in [0.15, 0.2) is 0 Å². The highest BCUT2D eigenvalue weighted by Crippen LogP contribution is 2.09. The van der Waals surface area contributed by atoms with E-state index < -0.39 is 0 Å². The van der Waals surface area contributed by atoms with Crippen LogP contribution in [0.15, 0.2) is 18.2 Å². The second-order valence-electron chi connectivity index (χ2n) is 2.85. The van der Waals surface area contributed by atoms with Gasteiger partial charge in [0.1, 0.15) is 19.4 Å². The number of hydrogen-bond acceptors (Lipinski definition) is 1. The molecule has 0 spiro atoms. The van der Waals surface area contributed by atoms with Gasteiger partial charge in [-0.2, -0.15) is 0 Å². The standard InChI is InChI=1S/C9H10BFO/c1-6(2)12-9-4-3-7(11)5-8(9)10/h3-6H,1-2H3. The van der Waals surface area contributed by atoms with Crippen LogP contribution in [-0.4, -0.2) is 14.0 Å². The van der Waals surface area contributed by atoms with Crippen LogP contribution in [0.4, 0.5) is 4.39 Å². The molecule has 0 aliphatic carbocycles. The predicted molar refractivity (Wildman–Crippen MR) is 47.6 cm³/mol. The molecule has 0 aliphatic heterocycles. The molecule has 0 unspecified atom stereocenters. The van der Waals surface area contributed by atoms with Gasteiger partial charge in [0.25, 0.3) is 0 Å². The Bertz CT molecular complexity index is 273. The quantitative estimate of drug-likeness (QED) is 0.600. The van der Waals surface area contributed by atoms with Gasteiger partial charge >= 0.3 is 0 Å². The molecule has 1 nitrogen and oxygen atoms in total. The van der Waals surface area contributed by atoms with E-state index in [0.29, 0.717) is 11.2 Å². The predicted octanol–water partition coefficient (Wildman–Crippen LogP) is 1.41. The number of rotatable bonds is 2. The zero-order valence-corrected chi connectivity index (χ0v) is 7.17. The van der Waals surface area contributed by atoms with Gasteiger partial charge in [-0.05, 0) is 32.0 Å². The zero-order valence-electron chi connectivity index (χ0n) is 7.17. The molecule has 0 amide bonds. The highest BCUT2D eigenvalue weighted by Gasteiger charge is 2.01. The van der Waals surface area contributed by atoms with Gasteiger partial charge in [-0.25, -0.2) is 4.39 Å². The molecular formula is C9H10BFO. The summed E-state index contributed by atoms with van der Waals surface area (Å²) in [5.74, 6) is 0.190. The Morgan fingerprint density at radius 2 is 2.08 bits per heavy atom. The molecule has 1 aromatic carbocycles. The summed E-state index contributed by atoms with van der Waals surface area (Å²) in [5, 5.41) is 0.